The summed E-state index contributed by atoms with van der Waals surface area (Å²) in [5, 5.41) is 6.81. The van der Waals surface area contributed by atoms with Crippen LogP contribution in [0.3, 0.4) is 0 Å². The molecule has 7 nitrogen and oxygen atoms in total. The van der Waals surface area contributed by atoms with Gasteiger partial charge in [0.15, 0.2) is 5.13 Å². The van der Waals surface area contributed by atoms with Gasteiger partial charge < -0.3 is 10.6 Å². The molecule has 1 saturated heterocycles. The molecule has 0 aliphatic carbocycles. The molecule has 32 heavy (non-hydrogen) atoms. The molecule has 2 aromatic heterocycles. The van der Waals surface area contributed by atoms with Crippen LogP contribution < -0.4 is 10.6 Å². The van der Waals surface area contributed by atoms with Gasteiger partial charge in [0, 0.05) is 30.9 Å². The number of amides is 1. The van der Waals surface area contributed by atoms with E-state index >= 15 is 0 Å². The summed E-state index contributed by atoms with van der Waals surface area (Å²) in [5.74, 6) is 1.44. The lowest BCUT2D eigenvalue weighted by Gasteiger charge is -2.30. The van der Waals surface area contributed by atoms with E-state index in [4.69, 9.17) is 0 Å². The molecule has 8 heteroatoms. The number of likely N-dealkylation sites (tertiary alicyclic amines) is 1. The van der Waals surface area contributed by atoms with Gasteiger partial charge in [0.05, 0.1) is 10.2 Å². The number of aromatic nitrogens is 3. The number of nitrogens with one attached hydrogen (secondary N) is 2. The molecule has 0 spiro atoms. The van der Waals surface area contributed by atoms with Gasteiger partial charge in [-0.1, -0.05) is 24.3 Å². The van der Waals surface area contributed by atoms with Crippen molar-refractivity contribution in [3.63, 3.8) is 0 Å². The fourth-order valence-corrected chi connectivity index (χ4v) is 4.98. The van der Waals surface area contributed by atoms with E-state index in [9.17, 15) is 4.79 Å². The van der Waals surface area contributed by atoms with E-state index in [-0.39, 0.29) is 5.91 Å². The van der Waals surface area contributed by atoms with Gasteiger partial charge in [-0.3, -0.25) is 9.69 Å². The van der Waals surface area contributed by atoms with Gasteiger partial charge in [-0.05, 0) is 75.9 Å². The average Bonchev–Trinajstić information content (AvgIpc) is 3.13. The normalized spacial score (nSPS) is 15.2. The Morgan fingerprint density at radius 1 is 1.12 bits per heavy atom. The van der Waals surface area contributed by atoms with Crippen LogP contribution in [0, 0.1) is 19.8 Å². The van der Waals surface area contributed by atoms with E-state index in [0.717, 1.165) is 34.1 Å². The van der Waals surface area contributed by atoms with Crippen LogP contribution in [0.2, 0.25) is 0 Å². The lowest BCUT2D eigenvalue weighted by molar-refractivity contribution is -0.116. The third kappa shape index (κ3) is 6.23. The van der Waals surface area contributed by atoms with Crippen LogP contribution in [0.15, 0.2) is 24.3 Å². The molecule has 0 radical (unpaired) electrons. The molecule has 3 heterocycles. The number of thiazole rings is 1. The number of rotatable bonds is 8. The fraction of sp³-hybridized carbons (Fsp3) is 0.500. The van der Waals surface area contributed by atoms with Crippen LogP contribution in [0.5, 0.6) is 0 Å². The standard InChI is InChI=1S/C24H32N6OS/c1-16-8-11-30(12-9-16)15-19-6-7-20-21(14-19)32-24(28-20)29-22(31)5-4-10-25-23-26-17(2)13-18(3)27-23/h6-7,13-14,16H,4-5,8-12,15H2,1-3H3,(H,25,26,27)(H,28,29,31). The minimum atomic E-state index is -0.0187. The van der Waals surface area contributed by atoms with Gasteiger partial charge >= 0.3 is 0 Å². The van der Waals surface area contributed by atoms with E-state index < -0.39 is 0 Å². The molecular weight excluding hydrogens is 420 g/mol. The summed E-state index contributed by atoms with van der Waals surface area (Å²) in [4.78, 5) is 28.2. The first-order valence-electron chi connectivity index (χ1n) is 11.4. The lowest BCUT2D eigenvalue weighted by Crippen LogP contribution is -2.32. The number of nitrogens with zero attached hydrogens (tertiary/aromatic N) is 4. The molecule has 3 aromatic rings. The maximum Gasteiger partial charge on any atom is 0.226 e. The Labute approximate surface area is 193 Å². The van der Waals surface area contributed by atoms with Gasteiger partial charge in [-0.25, -0.2) is 15.0 Å². The summed E-state index contributed by atoms with van der Waals surface area (Å²) in [6.07, 6.45) is 3.69. The molecule has 4 rings (SSSR count). The largest absolute Gasteiger partial charge is 0.354 e. The van der Waals surface area contributed by atoms with Crippen molar-refractivity contribution in [1.29, 1.82) is 0 Å². The number of hydrogen-bond acceptors (Lipinski definition) is 7. The number of anilines is 2. The topological polar surface area (TPSA) is 83.0 Å². The summed E-state index contributed by atoms with van der Waals surface area (Å²) in [5.41, 5.74) is 4.12. The van der Waals surface area contributed by atoms with E-state index in [0.29, 0.717) is 30.5 Å². The highest BCUT2D eigenvalue weighted by molar-refractivity contribution is 7.22. The smallest absolute Gasteiger partial charge is 0.226 e. The Morgan fingerprint density at radius 2 is 1.88 bits per heavy atom. The second-order valence-corrected chi connectivity index (χ2v) is 9.86. The highest BCUT2D eigenvalue weighted by Crippen LogP contribution is 2.28. The SMILES string of the molecule is Cc1cc(C)nc(NCCCC(=O)Nc2nc3ccc(CN4CCC(C)CC4)cc3s2)n1. The molecule has 1 aliphatic heterocycles. The molecule has 0 atom stereocenters. The average molecular weight is 453 g/mol. The van der Waals surface area contributed by atoms with E-state index in [1.165, 1.54) is 31.5 Å². The van der Waals surface area contributed by atoms with E-state index in [2.05, 4.69) is 55.6 Å². The molecule has 0 unspecified atom stereocenters. The molecule has 0 bridgehead atoms. The van der Waals surface area contributed by atoms with Crippen molar-refractivity contribution in [2.45, 2.75) is 53.0 Å². The maximum absolute atomic E-state index is 12.4. The quantitative estimate of drug-likeness (QED) is 0.479. The van der Waals surface area contributed by atoms with Gasteiger partial charge in [-0.2, -0.15) is 0 Å². The van der Waals surface area contributed by atoms with Crippen molar-refractivity contribution in [2.75, 3.05) is 30.3 Å². The number of hydrogen-bond donors (Lipinski definition) is 2. The number of piperidine rings is 1. The number of benzene rings is 1. The Hall–Kier alpha value is -2.58. The number of carbonyl (C=O) groups excluding carboxylic acids is 1. The minimum Gasteiger partial charge on any atom is -0.354 e. The summed E-state index contributed by atoms with van der Waals surface area (Å²) < 4.78 is 1.12. The fourth-order valence-electron chi connectivity index (χ4n) is 4.04. The van der Waals surface area contributed by atoms with Crippen LogP contribution in [0.4, 0.5) is 11.1 Å². The van der Waals surface area contributed by atoms with Crippen molar-refractivity contribution in [2.24, 2.45) is 5.92 Å². The van der Waals surface area contributed by atoms with Gasteiger partial charge in [0.25, 0.3) is 0 Å². The first-order valence-corrected chi connectivity index (χ1v) is 12.2. The van der Waals surface area contributed by atoms with Crippen LogP contribution in [-0.4, -0.2) is 45.4 Å². The highest BCUT2D eigenvalue weighted by Gasteiger charge is 2.16. The Bertz CT molecular complexity index is 1050. The number of carbonyl (C=O) groups is 1. The van der Waals surface area contributed by atoms with Crippen molar-refractivity contribution < 1.29 is 4.79 Å². The van der Waals surface area contributed by atoms with Crippen LogP contribution in [0.25, 0.3) is 10.2 Å². The molecule has 1 amide bonds. The first kappa shape index (κ1) is 22.6. The number of aryl methyl sites for hydroxylation is 2. The zero-order valence-corrected chi connectivity index (χ0v) is 20.0. The Kier molecular flexibility index (Phi) is 7.32. The monoisotopic (exact) mass is 452 g/mol. The summed E-state index contributed by atoms with van der Waals surface area (Å²) in [6.45, 7) is 10.2. The second kappa shape index (κ2) is 10.4. The Morgan fingerprint density at radius 3 is 2.62 bits per heavy atom. The van der Waals surface area contributed by atoms with Crippen molar-refractivity contribution in [3.8, 4) is 0 Å². The third-order valence-electron chi connectivity index (χ3n) is 5.83. The summed E-state index contributed by atoms with van der Waals surface area (Å²) in [6, 6.07) is 8.38. The lowest BCUT2D eigenvalue weighted by atomic mass is 9.99. The second-order valence-electron chi connectivity index (χ2n) is 8.83. The predicted octanol–water partition coefficient (Wildman–Crippen LogP) is 4.77. The summed E-state index contributed by atoms with van der Waals surface area (Å²) >= 11 is 1.54. The molecule has 0 saturated carbocycles. The number of fused-ring (bicyclic) bond motifs is 1. The zero-order chi connectivity index (χ0) is 22.5. The van der Waals surface area contributed by atoms with Gasteiger partial charge in [0.2, 0.25) is 11.9 Å². The molecule has 1 fully saturated rings. The predicted molar refractivity (Wildman–Crippen MR) is 131 cm³/mol. The van der Waals surface area contributed by atoms with E-state index in [1.54, 1.807) is 11.3 Å². The van der Waals surface area contributed by atoms with Crippen molar-refractivity contribution in [3.05, 3.63) is 41.2 Å². The van der Waals surface area contributed by atoms with Crippen molar-refractivity contribution in [1.82, 2.24) is 19.9 Å². The molecule has 1 aliphatic rings. The zero-order valence-electron chi connectivity index (χ0n) is 19.1. The maximum atomic E-state index is 12.4. The van der Waals surface area contributed by atoms with Crippen LogP contribution in [-0.2, 0) is 11.3 Å². The minimum absolute atomic E-state index is 0.0187. The molecule has 1 aromatic carbocycles. The Balaban J connectivity index is 1.25. The van der Waals surface area contributed by atoms with Crippen LogP contribution >= 0.6 is 11.3 Å². The van der Waals surface area contributed by atoms with E-state index in [1.807, 2.05) is 19.9 Å². The first-order chi connectivity index (χ1) is 15.4. The third-order valence-corrected chi connectivity index (χ3v) is 6.76. The molecular formula is C24H32N6OS. The van der Waals surface area contributed by atoms with Crippen LogP contribution in [0.1, 0.15) is 49.6 Å². The van der Waals surface area contributed by atoms with Crippen molar-refractivity contribution >= 4 is 38.5 Å². The van der Waals surface area contributed by atoms with Gasteiger partial charge in [0.1, 0.15) is 0 Å². The molecule has 170 valence electrons. The van der Waals surface area contributed by atoms with Gasteiger partial charge in [-0.15, -0.1) is 0 Å². The highest BCUT2D eigenvalue weighted by atomic mass is 32.1. The summed E-state index contributed by atoms with van der Waals surface area (Å²) in [7, 11) is 0. The molecule has 2 N–H and O–H groups in total.